The summed E-state index contributed by atoms with van der Waals surface area (Å²) in [4.78, 5) is 24.6. The van der Waals surface area contributed by atoms with Gasteiger partial charge in [0.2, 0.25) is 0 Å². The molecule has 1 spiro atoms. The second-order valence-corrected chi connectivity index (χ2v) is 9.41. The van der Waals surface area contributed by atoms with E-state index >= 15 is 0 Å². The Labute approximate surface area is 150 Å². The van der Waals surface area contributed by atoms with Gasteiger partial charge in [-0.25, -0.2) is 0 Å². The van der Waals surface area contributed by atoms with Gasteiger partial charge in [0.25, 0.3) is 0 Å². The van der Waals surface area contributed by atoms with Crippen LogP contribution in [-0.2, 0) is 9.59 Å². The van der Waals surface area contributed by atoms with E-state index in [9.17, 15) is 19.8 Å². The molecule has 4 heteroatoms. The van der Waals surface area contributed by atoms with Crippen LogP contribution < -0.4 is 0 Å². The lowest BCUT2D eigenvalue weighted by Crippen LogP contribution is -2.49. The molecule has 0 aromatic rings. The SMILES string of the molecule is C=C1C[C@]23C[C@H]1CC[C@H]2[C@@](C)(CC)[C@@H](C(C)(C=O)[C@H](C)O)[C@@H]3C(=O)O. The fourth-order valence-electron chi connectivity index (χ4n) is 7.19. The van der Waals surface area contributed by atoms with Gasteiger partial charge >= 0.3 is 5.97 Å². The Morgan fingerprint density at radius 1 is 1.48 bits per heavy atom. The molecule has 2 bridgehead atoms. The maximum Gasteiger partial charge on any atom is 0.307 e. The van der Waals surface area contributed by atoms with Crippen LogP contribution in [-0.4, -0.2) is 28.6 Å². The van der Waals surface area contributed by atoms with Gasteiger partial charge in [0, 0.05) is 0 Å². The van der Waals surface area contributed by atoms with Crippen LogP contribution in [0.4, 0.5) is 0 Å². The zero-order valence-corrected chi connectivity index (χ0v) is 15.9. The summed E-state index contributed by atoms with van der Waals surface area (Å²) in [5.41, 5.74) is -0.442. The van der Waals surface area contributed by atoms with E-state index < -0.39 is 23.4 Å². The van der Waals surface area contributed by atoms with E-state index in [1.807, 2.05) is 0 Å². The minimum absolute atomic E-state index is 0.268. The first-order valence-corrected chi connectivity index (χ1v) is 9.63. The molecular weight excluding hydrogens is 316 g/mol. The standard InChI is InChI=1S/C21H32O4/c1-6-19(4)15-8-7-14-10-21(15,9-12(14)2)16(18(24)25)17(19)20(5,11-22)13(3)23/h11,13-17,23H,2,6-10H2,1,3-5H3,(H,24,25)/t13-,14+,15-,16+,17-,19+,20?,21-/m0/s1. The predicted octanol–water partition coefficient (Wildman–Crippen LogP) is 3.68. The monoisotopic (exact) mass is 348 g/mol. The molecule has 3 aliphatic carbocycles. The van der Waals surface area contributed by atoms with Crippen molar-refractivity contribution in [1.29, 1.82) is 0 Å². The molecule has 3 rings (SSSR count). The van der Waals surface area contributed by atoms with Crippen LogP contribution in [0.15, 0.2) is 12.2 Å². The van der Waals surface area contributed by atoms with Gasteiger partial charge in [-0.1, -0.05) is 39.3 Å². The Morgan fingerprint density at radius 3 is 2.60 bits per heavy atom. The quantitative estimate of drug-likeness (QED) is 0.587. The molecule has 4 nitrogen and oxygen atoms in total. The third kappa shape index (κ3) is 2.16. The molecule has 140 valence electrons. The molecule has 0 saturated heterocycles. The van der Waals surface area contributed by atoms with E-state index in [-0.39, 0.29) is 22.7 Å². The number of aldehydes is 1. The maximum atomic E-state index is 12.5. The molecule has 2 N–H and O–H groups in total. The van der Waals surface area contributed by atoms with Crippen LogP contribution >= 0.6 is 0 Å². The topological polar surface area (TPSA) is 74.6 Å². The molecule has 1 unspecified atom stereocenters. The van der Waals surface area contributed by atoms with Crippen molar-refractivity contribution in [3.05, 3.63) is 12.2 Å². The zero-order chi connectivity index (χ0) is 18.8. The van der Waals surface area contributed by atoms with Crippen molar-refractivity contribution in [2.24, 2.45) is 39.9 Å². The largest absolute Gasteiger partial charge is 0.481 e. The van der Waals surface area contributed by atoms with E-state index in [4.69, 9.17) is 0 Å². The number of rotatable bonds is 5. The number of carbonyl (C=O) groups excluding carboxylic acids is 1. The number of allylic oxidation sites excluding steroid dienone is 1. The maximum absolute atomic E-state index is 12.5. The smallest absolute Gasteiger partial charge is 0.307 e. The van der Waals surface area contributed by atoms with E-state index in [2.05, 4.69) is 20.4 Å². The van der Waals surface area contributed by atoms with Gasteiger partial charge in [0.05, 0.1) is 17.4 Å². The summed E-state index contributed by atoms with van der Waals surface area (Å²) >= 11 is 0. The number of carbonyl (C=O) groups is 2. The molecule has 3 saturated carbocycles. The van der Waals surface area contributed by atoms with Crippen LogP contribution in [0.1, 0.15) is 59.8 Å². The van der Waals surface area contributed by atoms with E-state index in [1.165, 1.54) is 5.57 Å². The summed E-state index contributed by atoms with van der Waals surface area (Å²) in [6, 6.07) is 0. The highest BCUT2D eigenvalue weighted by atomic mass is 16.4. The number of aliphatic hydroxyl groups is 1. The molecular formula is C21H32O4. The van der Waals surface area contributed by atoms with Crippen LogP contribution in [0, 0.1) is 39.9 Å². The molecule has 0 aliphatic heterocycles. The Balaban J connectivity index is 2.24. The lowest BCUT2D eigenvalue weighted by molar-refractivity contribution is -0.155. The van der Waals surface area contributed by atoms with E-state index in [1.54, 1.807) is 13.8 Å². The number of hydrogen-bond acceptors (Lipinski definition) is 3. The Bertz CT molecular complexity index is 611. The summed E-state index contributed by atoms with van der Waals surface area (Å²) in [5.74, 6) is -1.09. The van der Waals surface area contributed by atoms with Crippen molar-refractivity contribution in [3.63, 3.8) is 0 Å². The first-order valence-electron chi connectivity index (χ1n) is 9.63. The summed E-state index contributed by atoms with van der Waals surface area (Å²) in [5, 5.41) is 20.7. The zero-order valence-electron chi connectivity index (χ0n) is 15.9. The average molecular weight is 348 g/mol. The molecule has 3 aliphatic rings. The Kier molecular flexibility index (Phi) is 4.22. The lowest BCUT2D eigenvalue weighted by atomic mass is 9.57. The predicted molar refractivity (Wildman–Crippen MR) is 95.9 cm³/mol. The third-order valence-electron chi connectivity index (χ3n) is 8.57. The number of aliphatic carboxylic acids is 1. The van der Waals surface area contributed by atoms with Crippen molar-refractivity contribution in [3.8, 4) is 0 Å². The van der Waals surface area contributed by atoms with Gasteiger partial charge in [-0.15, -0.1) is 0 Å². The number of hydrogen-bond donors (Lipinski definition) is 2. The Morgan fingerprint density at radius 2 is 2.12 bits per heavy atom. The number of fused-ring (bicyclic) bond motifs is 1. The summed E-state index contributed by atoms with van der Waals surface area (Å²) < 4.78 is 0. The van der Waals surface area contributed by atoms with Gasteiger partial charge in [0.15, 0.2) is 0 Å². The van der Waals surface area contributed by atoms with Crippen LogP contribution in [0.3, 0.4) is 0 Å². The Hall–Kier alpha value is -1.16. The second-order valence-electron chi connectivity index (χ2n) is 9.41. The fraction of sp³-hybridized carbons (Fsp3) is 0.810. The highest BCUT2D eigenvalue weighted by molar-refractivity contribution is 5.75. The molecule has 0 aromatic heterocycles. The van der Waals surface area contributed by atoms with Crippen molar-refractivity contribution in [1.82, 2.24) is 0 Å². The van der Waals surface area contributed by atoms with Gasteiger partial charge in [-0.05, 0) is 61.2 Å². The van der Waals surface area contributed by atoms with Crippen LogP contribution in [0.2, 0.25) is 0 Å². The molecule has 25 heavy (non-hydrogen) atoms. The molecule has 0 radical (unpaired) electrons. The molecule has 3 fully saturated rings. The van der Waals surface area contributed by atoms with Gasteiger partial charge < -0.3 is 15.0 Å². The molecule has 0 heterocycles. The highest BCUT2D eigenvalue weighted by Crippen LogP contribution is 2.75. The van der Waals surface area contributed by atoms with Crippen LogP contribution in [0.5, 0.6) is 0 Å². The lowest BCUT2D eigenvalue weighted by Gasteiger charge is -2.46. The van der Waals surface area contributed by atoms with Gasteiger partial charge in [-0.3, -0.25) is 4.79 Å². The minimum Gasteiger partial charge on any atom is -0.481 e. The van der Waals surface area contributed by atoms with Gasteiger partial charge in [-0.2, -0.15) is 0 Å². The normalized spacial score (nSPS) is 46.4. The first-order chi connectivity index (χ1) is 11.6. The van der Waals surface area contributed by atoms with Gasteiger partial charge in [0.1, 0.15) is 6.29 Å². The summed E-state index contributed by atoms with van der Waals surface area (Å²) in [6.45, 7) is 11.9. The first kappa shape index (κ1) is 18.6. The highest BCUT2D eigenvalue weighted by Gasteiger charge is 2.73. The fourth-order valence-corrected chi connectivity index (χ4v) is 7.19. The van der Waals surface area contributed by atoms with Crippen LogP contribution in [0.25, 0.3) is 0 Å². The molecule has 0 amide bonds. The number of carboxylic acids is 1. The molecule has 0 aromatic carbocycles. The molecule has 8 atom stereocenters. The minimum atomic E-state index is -1.06. The van der Waals surface area contributed by atoms with Crippen molar-refractivity contribution in [2.45, 2.75) is 65.9 Å². The van der Waals surface area contributed by atoms with Crippen molar-refractivity contribution in [2.75, 3.05) is 0 Å². The van der Waals surface area contributed by atoms with Crippen molar-refractivity contribution >= 4 is 12.3 Å². The summed E-state index contributed by atoms with van der Waals surface area (Å²) in [6.07, 6.45) is 4.49. The summed E-state index contributed by atoms with van der Waals surface area (Å²) in [7, 11) is 0. The van der Waals surface area contributed by atoms with E-state index in [0.717, 1.165) is 38.4 Å². The van der Waals surface area contributed by atoms with Crippen molar-refractivity contribution < 1.29 is 19.8 Å². The average Bonchev–Trinajstić information content (AvgIpc) is 2.94. The van der Waals surface area contributed by atoms with E-state index in [0.29, 0.717) is 5.92 Å². The number of carboxylic acid groups (broad SMARTS) is 1. The second kappa shape index (κ2) is 5.67. The number of aliphatic hydroxyl groups excluding tert-OH is 1. The third-order valence-corrected chi connectivity index (χ3v) is 8.57.